The van der Waals surface area contributed by atoms with Crippen LogP contribution in [0, 0.1) is 5.82 Å². The van der Waals surface area contributed by atoms with Crippen LogP contribution in [0.3, 0.4) is 0 Å². The lowest BCUT2D eigenvalue weighted by molar-refractivity contribution is 0.625. The zero-order valence-electron chi connectivity index (χ0n) is 15.5. The van der Waals surface area contributed by atoms with Gasteiger partial charge in [0.1, 0.15) is 5.82 Å². The Balaban J connectivity index is 0.00000338. The molecule has 0 spiro atoms. The summed E-state index contributed by atoms with van der Waals surface area (Å²) in [6.07, 6.45) is 7.93. The first-order valence-corrected chi connectivity index (χ1v) is 9.70. The Bertz CT molecular complexity index is 705. The molecule has 0 saturated carbocycles. The first-order valence-electron chi connectivity index (χ1n) is 8.30. The van der Waals surface area contributed by atoms with Crippen molar-refractivity contribution in [3.63, 3.8) is 0 Å². The number of guanidine groups is 1. The minimum Gasteiger partial charge on any atom is -0.356 e. The number of aryl methyl sites for hydroxylation is 2. The maximum atomic E-state index is 13.4. The van der Waals surface area contributed by atoms with Crippen molar-refractivity contribution in [1.29, 1.82) is 0 Å². The van der Waals surface area contributed by atoms with Gasteiger partial charge in [-0.05, 0) is 47.9 Å². The fraction of sp³-hybridized carbons (Fsp3) is 0.444. The number of nitrogens with one attached hydrogen (secondary N) is 2. The molecule has 2 N–H and O–H groups in total. The van der Waals surface area contributed by atoms with Crippen LogP contribution in [0.15, 0.2) is 35.6 Å². The Morgan fingerprint density at radius 2 is 2.12 bits per heavy atom. The molecule has 5 nitrogen and oxygen atoms in total. The normalized spacial score (nSPS) is 11.2. The topological polar surface area (TPSA) is 54.2 Å². The van der Waals surface area contributed by atoms with Gasteiger partial charge in [0.25, 0.3) is 0 Å². The smallest absolute Gasteiger partial charge is 0.191 e. The number of hydrogen-bond donors (Lipinski definition) is 2. The molecule has 1 heterocycles. The molecule has 144 valence electrons. The van der Waals surface area contributed by atoms with Gasteiger partial charge >= 0.3 is 0 Å². The van der Waals surface area contributed by atoms with Gasteiger partial charge in [-0.1, -0.05) is 6.07 Å². The molecule has 1 aromatic carbocycles. The molecule has 0 fully saturated rings. The SMILES string of the molecule is CN=C(NCCCc1cnn(C)c1)NCc1ccc(F)cc1CSC.I. The van der Waals surface area contributed by atoms with Crippen LogP contribution in [-0.4, -0.2) is 35.6 Å². The molecule has 26 heavy (non-hydrogen) atoms. The lowest BCUT2D eigenvalue weighted by Crippen LogP contribution is -2.37. The summed E-state index contributed by atoms with van der Waals surface area (Å²) >= 11 is 1.69. The number of thioether (sulfide) groups is 1. The fourth-order valence-corrected chi connectivity index (χ4v) is 3.14. The largest absolute Gasteiger partial charge is 0.356 e. The van der Waals surface area contributed by atoms with Gasteiger partial charge in [0.15, 0.2) is 5.96 Å². The predicted molar refractivity (Wildman–Crippen MR) is 119 cm³/mol. The lowest BCUT2D eigenvalue weighted by atomic mass is 10.1. The van der Waals surface area contributed by atoms with Gasteiger partial charge in [-0.25, -0.2) is 4.39 Å². The summed E-state index contributed by atoms with van der Waals surface area (Å²) in [5, 5.41) is 10.8. The summed E-state index contributed by atoms with van der Waals surface area (Å²) in [6.45, 7) is 1.45. The minimum absolute atomic E-state index is 0. The van der Waals surface area contributed by atoms with E-state index in [2.05, 4.69) is 20.7 Å². The fourth-order valence-electron chi connectivity index (χ4n) is 2.56. The second-order valence-electron chi connectivity index (χ2n) is 5.82. The van der Waals surface area contributed by atoms with Crippen LogP contribution >= 0.6 is 35.7 Å². The summed E-state index contributed by atoms with van der Waals surface area (Å²) in [4.78, 5) is 4.24. The number of rotatable bonds is 8. The van der Waals surface area contributed by atoms with Gasteiger partial charge < -0.3 is 10.6 Å². The molecule has 0 amide bonds. The number of nitrogens with zero attached hydrogens (tertiary/aromatic N) is 3. The molecule has 0 bridgehead atoms. The standard InChI is InChI=1S/C18H26FN5S.HI/c1-20-18(21-8-4-5-14-10-23-24(2)12-14)22-11-15-6-7-17(19)9-16(15)13-25-3;/h6-7,9-10,12H,4-5,8,11,13H2,1-3H3,(H2,20,21,22);1H. The summed E-state index contributed by atoms with van der Waals surface area (Å²) in [6, 6.07) is 4.95. The van der Waals surface area contributed by atoms with Crippen LogP contribution in [0.25, 0.3) is 0 Å². The van der Waals surface area contributed by atoms with Gasteiger partial charge in [-0.15, -0.1) is 24.0 Å². The second-order valence-corrected chi connectivity index (χ2v) is 6.69. The van der Waals surface area contributed by atoms with Crippen molar-refractivity contribution in [3.05, 3.63) is 53.1 Å². The van der Waals surface area contributed by atoms with Crippen molar-refractivity contribution in [1.82, 2.24) is 20.4 Å². The molecule has 2 rings (SSSR count). The van der Waals surface area contributed by atoms with Gasteiger partial charge in [0, 0.05) is 39.1 Å². The van der Waals surface area contributed by atoms with E-state index in [1.807, 2.05) is 36.4 Å². The summed E-state index contributed by atoms with van der Waals surface area (Å²) in [5.41, 5.74) is 3.35. The lowest BCUT2D eigenvalue weighted by Gasteiger charge is -2.14. The molecule has 0 unspecified atom stereocenters. The van der Waals surface area contributed by atoms with E-state index in [0.29, 0.717) is 6.54 Å². The zero-order valence-corrected chi connectivity index (χ0v) is 18.6. The van der Waals surface area contributed by atoms with Crippen molar-refractivity contribution in [2.75, 3.05) is 19.8 Å². The maximum absolute atomic E-state index is 13.4. The number of halogens is 2. The molecule has 0 radical (unpaired) electrons. The Kier molecular flexibility index (Phi) is 10.6. The van der Waals surface area contributed by atoms with E-state index >= 15 is 0 Å². The van der Waals surface area contributed by atoms with Crippen molar-refractivity contribution in [2.24, 2.45) is 12.0 Å². The molecule has 1 aromatic heterocycles. The van der Waals surface area contributed by atoms with Crippen molar-refractivity contribution < 1.29 is 4.39 Å². The summed E-state index contributed by atoms with van der Waals surface area (Å²) < 4.78 is 15.2. The van der Waals surface area contributed by atoms with E-state index in [1.54, 1.807) is 24.9 Å². The summed E-state index contributed by atoms with van der Waals surface area (Å²) in [7, 11) is 3.68. The average molecular weight is 491 g/mol. The molecule has 0 saturated heterocycles. The van der Waals surface area contributed by atoms with Crippen LogP contribution in [0.1, 0.15) is 23.1 Å². The van der Waals surface area contributed by atoms with E-state index in [9.17, 15) is 4.39 Å². The highest BCUT2D eigenvalue weighted by molar-refractivity contribution is 14.0. The molecular weight excluding hydrogens is 464 g/mol. The van der Waals surface area contributed by atoms with Crippen LogP contribution in [0.5, 0.6) is 0 Å². The second kappa shape index (κ2) is 12.2. The van der Waals surface area contributed by atoms with Gasteiger partial charge in [-0.2, -0.15) is 16.9 Å². The Labute approximate surface area is 176 Å². The van der Waals surface area contributed by atoms with Crippen LogP contribution in [0.4, 0.5) is 4.39 Å². The summed E-state index contributed by atoms with van der Waals surface area (Å²) in [5.74, 6) is 1.36. The zero-order chi connectivity index (χ0) is 18.1. The van der Waals surface area contributed by atoms with Crippen molar-refractivity contribution >= 4 is 41.7 Å². The van der Waals surface area contributed by atoms with E-state index in [0.717, 1.165) is 42.2 Å². The molecule has 0 aliphatic heterocycles. The molecule has 0 aliphatic carbocycles. The first-order chi connectivity index (χ1) is 12.1. The molecular formula is C18H27FIN5S. The molecule has 8 heteroatoms. The monoisotopic (exact) mass is 491 g/mol. The molecule has 0 atom stereocenters. The minimum atomic E-state index is -0.189. The molecule has 2 aromatic rings. The van der Waals surface area contributed by atoms with Crippen LogP contribution < -0.4 is 10.6 Å². The third kappa shape index (κ3) is 7.53. The Morgan fingerprint density at radius 3 is 2.77 bits per heavy atom. The third-order valence-electron chi connectivity index (χ3n) is 3.83. The van der Waals surface area contributed by atoms with Gasteiger partial charge in [0.2, 0.25) is 0 Å². The van der Waals surface area contributed by atoms with Crippen LogP contribution in [0.2, 0.25) is 0 Å². The van der Waals surface area contributed by atoms with Gasteiger partial charge in [0.05, 0.1) is 6.20 Å². The van der Waals surface area contributed by atoms with E-state index in [4.69, 9.17) is 0 Å². The molecule has 0 aliphatic rings. The number of aromatic nitrogens is 2. The first kappa shape index (κ1) is 22.8. The van der Waals surface area contributed by atoms with Crippen molar-refractivity contribution in [3.8, 4) is 0 Å². The third-order valence-corrected chi connectivity index (χ3v) is 4.43. The van der Waals surface area contributed by atoms with Gasteiger partial charge in [-0.3, -0.25) is 9.67 Å². The number of hydrogen-bond acceptors (Lipinski definition) is 3. The number of benzene rings is 1. The van der Waals surface area contributed by atoms with E-state index in [1.165, 1.54) is 11.6 Å². The highest BCUT2D eigenvalue weighted by Gasteiger charge is 2.05. The maximum Gasteiger partial charge on any atom is 0.191 e. The average Bonchev–Trinajstić information content (AvgIpc) is 3.01. The van der Waals surface area contributed by atoms with E-state index < -0.39 is 0 Å². The quantitative estimate of drug-likeness (QED) is 0.258. The predicted octanol–water partition coefficient (Wildman–Crippen LogP) is 3.34. The highest BCUT2D eigenvalue weighted by atomic mass is 127. The Hall–Kier alpha value is -1.29. The van der Waals surface area contributed by atoms with E-state index in [-0.39, 0.29) is 29.8 Å². The van der Waals surface area contributed by atoms with Crippen LogP contribution in [-0.2, 0) is 25.8 Å². The Morgan fingerprint density at radius 1 is 1.31 bits per heavy atom. The number of aliphatic imine (C=N–C) groups is 1. The van der Waals surface area contributed by atoms with Crippen molar-refractivity contribution in [2.45, 2.75) is 25.1 Å². The highest BCUT2D eigenvalue weighted by Crippen LogP contribution is 2.16.